The highest BCUT2D eigenvalue weighted by molar-refractivity contribution is 4.86. The molecule has 0 aliphatic heterocycles. The van der Waals surface area contributed by atoms with Gasteiger partial charge in [0.05, 0.1) is 0 Å². The zero-order valence-electron chi connectivity index (χ0n) is 10.4. The molecule has 0 radical (unpaired) electrons. The highest BCUT2D eigenvalue weighted by Crippen LogP contribution is 2.28. The Morgan fingerprint density at radius 2 is 2.00 bits per heavy atom. The summed E-state index contributed by atoms with van der Waals surface area (Å²) in [4.78, 5) is 2.54. The number of nitrogens with zero attached hydrogens (tertiary/aromatic N) is 1. The van der Waals surface area contributed by atoms with Crippen LogP contribution in [0.4, 0.5) is 0 Å². The van der Waals surface area contributed by atoms with Crippen LogP contribution in [0.3, 0.4) is 0 Å². The fourth-order valence-corrected chi connectivity index (χ4v) is 2.13. The molecular weight excluding hydrogens is 172 g/mol. The fraction of sp³-hybridized carbons (Fsp3) is 1.00. The van der Waals surface area contributed by atoms with E-state index in [0.717, 1.165) is 6.04 Å². The van der Waals surface area contributed by atoms with Crippen molar-refractivity contribution in [3.05, 3.63) is 0 Å². The topological polar surface area (TPSA) is 15.3 Å². The molecule has 1 aliphatic rings. The predicted molar refractivity (Wildman–Crippen MR) is 62.6 cm³/mol. The van der Waals surface area contributed by atoms with Crippen LogP contribution in [0.15, 0.2) is 0 Å². The van der Waals surface area contributed by atoms with Crippen LogP contribution in [0.25, 0.3) is 0 Å². The molecule has 1 aliphatic carbocycles. The van der Waals surface area contributed by atoms with Gasteiger partial charge in [-0.05, 0) is 39.3 Å². The van der Waals surface area contributed by atoms with Gasteiger partial charge in [0.2, 0.25) is 0 Å². The normalized spacial score (nSPS) is 21.0. The molecule has 1 unspecified atom stereocenters. The summed E-state index contributed by atoms with van der Waals surface area (Å²) < 4.78 is 0. The molecule has 1 atom stereocenters. The maximum Gasteiger partial charge on any atom is 0.00991 e. The Morgan fingerprint density at radius 3 is 2.36 bits per heavy atom. The van der Waals surface area contributed by atoms with Gasteiger partial charge in [0.1, 0.15) is 0 Å². The second kappa shape index (κ2) is 4.63. The first kappa shape index (κ1) is 12.0. The van der Waals surface area contributed by atoms with Gasteiger partial charge in [-0.3, -0.25) is 0 Å². The fourth-order valence-electron chi connectivity index (χ4n) is 2.13. The smallest absolute Gasteiger partial charge is 0.00991 e. The summed E-state index contributed by atoms with van der Waals surface area (Å²) in [5.74, 6) is 0. The van der Waals surface area contributed by atoms with E-state index in [-0.39, 0.29) is 0 Å². The van der Waals surface area contributed by atoms with Gasteiger partial charge in [-0.25, -0.2) is 0 Å². The lowest BCUT2D eigenvalue weighted by Crippen LogP contribution is -2.48. The van der Waals surface area contributed by atoms with E-state index in [0.29, 0.717) is 11.5 Å². The zero-order chi connectivity index (χ0) is 10.8. The third-order valence-electron chi connectivity index (χ3n) is 3.96. The van der Waals surface area contributed by atoms with Crippen molar-refractivity contribution in [2.45, 2.75) is 52.1 Å². The van der Waals surface area contributed by atoms with Crippen molar-refractivity contribution in [2.75, 3.05) is 20.6 Å². The Morgan fingerprint density at radius 1 is 1.43 bits per heavy atom. The van der Waals surface area contributed by atoms with E-state index >= 15 is 0 Å². The quantitative estimate of drug-likeness (QED) is 0.728. The van der Waals surface area contributed by atoms with Gasteiger partial charge in [0.15, 0.2) is 0 Å². The summed E-state index contributed by atoms with van der Waals surface area (Å²) in [6.07, 6.45) is 4.23. The van der Waals surface area contributed by atoms with Crippen molar-refractivity contribution in [3.8, 4) is 0 Å². The molecule has 1 N–H and O–H groups in total. The van der Waals surface area contributed by atoms with Crippen molar-refractivity contribution >= 4 is 0 Å². The molecule has 14 heavy (non-hydrogen) atoms. The molecule has 0 aromatic carbocycles. The van der Waals surface area contributed by atoms with Crippen LogP contribution in [-0.2, 0) is 0 Å². The molecule has 1 rings (SSSR count). The van der Waals surface area contributed by atoms with Gasteiger partial charge < -0.3 is 10.2 Å². The first-order chi connectivity index (χ1) is 6.47. The predicted octanol–water partition coefficient (Wildman–Crippen LogP) is 2.10. The summed E-state index contributed by atoms with van der Waals surface area (Å²) in [5.41, 5.74) is 0.360. The molecule has 2 heteroatoms. The first-order valence-electron chi connectivity index (χ1n) is 5.85. The second-order valence-electron chi connectivity index (χ2n) is 5.50. The van der Waals surface area contributed by atoms with E-state index < -0.39 is 0 Å². The van der Waals surface area contributed by atoms with Gasteiger partial charge >= 0.3 is 0 Å². The van der Waals surface area contributed by atoms with Crippen molar-refractivity contribution < 1.29 is 0 Å². The van der Waals surface area contributed by atoms with E-state index in [2.05, 4.69) is 45.1 Å². The van der Waals surface area contributed by atoms with Gasteiger partial charge in [0, 0.05) is 18.6 Å². The number of hydrogen-bond acceptors (Lipinski definition) is 2. The van der Waals surface area contributed by atoms with E-state index in [1.54, 1.807) is 0 Å². The average molecular weight is 198 g/mol. The molecule has 0 spiro atoms. The summed E-state index contributed by atoms with van der Waals surface area (Å²) in [5, 5.41) is 3.36. The standard InChI is InChI=1S/C12H26N2/c1-10(13-4)12(2,3)9-14(5)11-7-6-8-11/h10-11,13H,6-9H2,1-5H3. The molecule has 84 valence electrons. The number of hydrogen-bond donors (Lipinski definition) is 1. The molecule has 1 fully saturated rings. The largest absolute Gasteiger partial charge is 0.317 e. The zero-order valence-corrected chi connectivity index (χ0v) is 10.4. The Bertz CT molecular complexity index is 173. The summed E-state index contributed by atoms with van der Waals surface area (Å²) in [7, 11) is 4.32. The van der Waals surface area contributed by atoms with E-state index in [1.165, 1.54) is 25.8 Å². The van der Waals surface area contributed by atoms with Crippen molar-refractivity contribution in [2.24, 2.45) is 5.41 Å². The first-order valence-corrected chi connectivity index (χ1v) is 5.85. The van der Waals surface area contributed by atoms with Crippen molar-refractivity contribution in [3.63, 3.8) is 0 Å². The Balaban J connectivity index is 2.40. The molecule has 0 heterocycles. The van der Waals surface area contributed by atoms with Gasteiger partial charge in [-0.1, -0.05) is 20.3 Å². The molecular formula is C12H26N2. The minimum absolute atomic E-state index is 0.360. The van der Waals surface area contributed by atoms with E-state index in [1.807, 2.05) is 0 Å². The average Bonchev–Trinajstić information content (AvgIpc) is 1.98. The van der Waals surface area contributed by atoms with Crippen molar-refractivity contribution in [1.29, 1.82) is 0 Å². The molecule has 0 amide bonds. The second-order valence-corrected chi connectivity index (χ2v) is 5.50. The summed E-state index contributed by atoms with van der Waals surface area (Å²) >= 11 is 0. The lowest BCUT2D eigenvalue weighted by Gasteiger charge is -2.41. The molecule has 0 saturated heterocycles. The molecule has 2 nitrogen and oxygen atoms in total. The lowest BCUT2D eigenvalue weighted by molar-refractivity contribution is 0.0930. The Labute approximate surface area is 89.1 Å². The maximum absolute atomic E-state index is 3.36. The van der Waals surface area contributed by atoms with E-state index in [9.17, 15) is 0 Å². The highest BCUT2D eigenvalue weighted by atomic mass is 15.1. The maximum atomic E-state index is 3.36. The third kappa shape index (κ3) is 2.71. The van der Waals surface area contributed by atoms with Crippen LogP contribution < -0.4 is 5.32 Å². The van der Waals surface area contributed by atoms with Gasteiger partial charge in [0.25, 0.3) is 0 Å². The van der Waals surface area contributed by atoms with E-state index in [4.69, 9.17) is 0 Å². The monoisotopic (exact) mass is 198 g/mol. The van der Waals surface area contributed by atoms with Crippen LogP contribution in [-0.4, -0.2) is 37.6 Å². The van der Waals surface area contributed by atoms with Gasteiger partial charge in [-0.2, -0.15) is 0 Å². The van der Waals surface area contributed by atoms with Crippen LogP contribution in [0.5, 0.6) is 0 Å². The Hall–Kier alpha value is -0.0800. The van der Waals surface area contributed by atoms with Gasteiger partial charge in [-0.15, -0.1) is 0 Å². The number of nitrogens with one attached hydrogen (secondary N) is 1. The van der Waals surface area contributed by atoms with Crippen molar-refractivity contribution in [1.82, 2.24) is 10.2 Å². The molecule has 0 aromatic heterocycles. The van der Waals surface area contributed by atoms with Crippen LogP contribution >= 0.6 is 0 Å². The SMILES string of the molecule is CNC(C)C(C)(C)CN(C)C1CCC1. The van der Waals surface area contributed by atoms with Crippen LogP contribution in [0.2, 0.25) is 0 Å². The third-order valence-corrected chi connectivity index (χ3v) is 3.96. The number of rotatable bonds is 5. The molecule has 1 saturated carbocycles. The summed E-state index contributed by atoms with van der Waals surface area (Å²) in [6, 6.07) is 1.43. The highest BCUT2D eigenvalue weighted by Gasteiger charge is 2.30. The minimum atomic E-state index is 0.360. The van der Waals surface area contributed by atoms with Crippen LogP contribution in [0, 0.1) is 5.41 Å². The van der Waals surface area contributed by atoms with Crippen LogP contribution in [0.1, 0.15) is 40.0 Å². The lowest BCUT2D eigenvalue weighted by atomic mass is 9.83. The minimum Gasteiger partial charge on any atom is -0.317 e. The summed E-state index contributed by atoms with van der Waals surface area (Å²) in [6.45, 7) is 8.17. The molecule has 0 aromatic rings. The molecule has 0 bridgehead atoms. The Kier molecular flexibility index (Phi) is 3.96.